The first-order valence-corrected chi connectivity index (χ1v) is 4.81. The Labute approximate surface area is 88.7 Å². The van der Waals surface area contributed by atoms with Gasteiger partial charge in [-0.25, -0.2) is 9.55 Å². The summed E-state index contributed by atoms with van der Waals surface area (Å²) < 4.78 is 1.97. The first-order valence-electron chi connectivity index (χ1n) is 4.81. The number of aromatic amines is 1. The number of H-pyrrole nitrogens is 1. The summed E-state index contributed by atoms with van der Waals surface area (Å²) in [7, 11) is 1.94. The van der Waals surface area contributed by atoms with Gasteiger partial charge >= 0.3 is 0 Å². The van der Waals surface area contributed by atoms with Crippen LogP contribution in [-0.4, -0.2) is 16.9 Å². The number of imidazole rings is 1. The lowest BCUT2D eigenvalue weighted by molar-refractivity contribution is -0.677. The number of nitrogens with one attached hydrogen (secondary N) is 2. The molecule has 0 aromatic carbocycles. The van der Waals surface area contributed by atoms with Crippen molar-refractivity contribution in [3.05, 3.63) is 18.2 Å². The zero-order valence-electron chi connectivity index (χ0n) is 8.95. The van der Waals surface area contributed by atoms with Gasteiger partial charge < -0.3 is 5.32 Å². The third-order valence-electron chi connectivity index (χ3n) is 2.13. The zero-order chi connectivity index (χ0) is 11.3. The normalized spacial score (nSPS) is 11.8. The van der Waals surface area contributed by atoms with E-state index in [-0.39, 0.29) is 18.4 Å². The summed E-state index contributed by atoms with van der Waals surface area (Å²) in [6, 6.07) is 1.85. The molecule has 1 heterocycles. The number of carbonyl (C=O) groups is 1. The highest BCUT2D eigenvalue weighted by Crippen LogP contribution is 1.96. The Bertz CT molecular complexity index is 377. The van der Waals surface area contributed by atoms with Crippen LogP contribution in [0.25, 0.3) is 0 Å². The molecule has 15 heavy (non-hydrogen) atoms. The van der Waals surface area contributed by atoms with Crippen molar-refractivity contribution in [3.8, 4) is 6.07 Å². The van der Waals surface area contributed by atoms with E-state index in [1.54, 1.807) is 0 Å². The van der Waals surface area contributed by atoms with Crippen LogP contribution in [0.4, 0.5) is 0 Å². The number of aryl methyl sites for hydroxylation is 1. The Morgan fingerprint density at radius 2 is 2.53 bits per heavy atom. The minimum Gasteiger partial charge on any atom is -0.352 e. The molecule has 5 nitrogen and oxygen atoms in total. The molecule has 1 rings (SSSR count). The average molecular weight is 207 g/mol. The van der Waals surface area contributed by atoms with Crippen LogP contribution in [0.5, 0.6) is 0 Å². The number of hydrogen-bond acceptors (Lipinski definition) is 2. The molecule has 0 spiro atoms. The molecule has 80 valence electrons. The standard InChI is InChI=1S/C10H14N4O/c1-8(13-10(15)3-4-11)5-9-6-12-7-14(9)2/h6-8H,3,5H2,1-2H3,(H,13,15)/p+1/t8-/m1/s1. The minimum atomic E-state index is -0.219. The highest BCUT2D eigenvalue weighted by atomic mass is 16.1. The molecule has 1 amide bonds. The summed E-state index contributed by atoms with van der Waals surface area (Å²) >= 11 is 0. The molecule has 1 aromatic rings. The zero-order valence-corrected chi connectivity index (χ0v) is 8.95. The number of nitrogens with zero attached hydrogens (tertiary/aromatic N) is 2. The molecule has 0 aliphatic rings. The number of carbonyl (C=O) groups excluding carboxylic acids is 1. The number of rotatable bonds is 4. The Morgan fingerprint density at radius 3 is 3.07 bits per heavy atom. The Morgan fingerprint density at radius 1 is 1.80 bits per heavy atom. The van der Waals surface area contributed by atoms with Gasteiger partial charge in [-0.2, -0.15) is 5.26 Å². The van der Waals surface area contributed by atoms with E-state index in [0.29, 0.717) is 0 Å². The van der Waals surface area contributed by atoms with E-state index >= 15 is 0 Å². The molecule has 1 aromatic heterocycles. The third-order valence-corrected chi connectivity index (χ3v) is 2.13. The van der Waals surface area contributed by atoms with Gasteiger partial charge in [-0.15, -0.1) is 0 Å². The molecule has 0 radical (unpaired) electrons. The van der Waals surface area contributed by atoms with E-state index in [2.05, 4.69) is 10.3 Å². The molecule has 5 heteroatoms. The van der Waals surface area contributed by atoms with E-state index in [4.69, 9.17) is 5.26 Å². The fourth-order valence-corrected chi connectivity index (χ4v) is 1.40. The molecule has 0 unspecified atom stereocenters. The van der Waals surface area contributed by atoms with Crippen LogP contribution in [0.3, 0.4) is 0 Å². The van der Waals surface area contributed by atoms with Gasteiger partial charge in [0, 0.05) is 12.5 Å². The van der Waals surface area contributed by atoms with Crippen molar-refractivity contribution in [2.45, 2.75) is 25.8 Å². The van der Waals surface area contributed by atoms with E-state index in [0.717, 1.165) is 12.1 Å². The predicted molar refractivity (Wildman–Crippen MR) is 53.5 cm³/mol. The van der Waals surface area contributed by atoms with Gasteiger partial charge in [-0.1, -0.05) is 0 Å². The van der Waals surface area contributed by atoms with Crippen LogP contribution in [0.2, 0.25) is 0 Å². The maximum atomic E-state index is 11.1. The lowest BCUT2D eigenvalue weighted by atomic mass is 10.2. The lowest BCUT2D eigenvalue weighted by Gasteiger charge is -2.10. The number of aromatic nitrogens is 2. The average Bonchev–Trinajstić information content (AvgIpc) is 2.52. The maximum absolute atomic E-state index is 11.1. The summed E-state index contributed by atoms with van der Waals surface area (Å²) in [4.78, 5) is 14.1. The molecule has 0 fully saturated rings. The second-order valence-electron chi connectivity index (χ2n) is 3.55. The summed E-state index contributed by atoms with van der Waals surface area (Å²) in [6.45, 7) is 1.92. The predicted octanol–water partition coefficient (Wildman–Crippen LogP) is -0.200. The van der Waals surface area contributed by atoms with Gasteiger partial charge in [0.15, 0.2) is 0 Å². The van der Waals surface area contributed by atoms with Crippen molar-refractivity contribution in [1.29, 1.82) is 5.26 Å². The van der Waals surface area contributed by atoms with Gasteiger partial charge in [0.05, 0.1) is 13.1 Å². The molecule has 0 bridgehead atoms. The van der Waals surface area contributed by atoms with Crippen molar-refractivity contribution < 1.29 is 9.36 Å². The van der Waals surface area contributed by atoms with Crippen LogP contribution in [0.15, 0.2) is 12.5 Å². The molecule has 0 saturated carbocycles. The quantitative estimate of drug-likeness (QED) is 0.671. The van der Waals surface area contributed by atoms with Gasteiger partial charge in [0.1, 0.15) is 18.3 Å². The highest BCUT2D eigenvalue weighted by Gasteiger charge is 2.12. The summed E-state index contributed by atoms with van der Waals surface area (Å²) in [5, 5.41) is 11.1. The van der Waals surface area contributed by atoms with Gasteiger partial charge in [0.25, 0.3) is 0 Å². The first kappa shape index (κ1) is 11.2. The van der Waals surface area contributed by atoms with E-state index in [1.807, 2.05) is 37.1 Å². The molecular weight excluding hydrogens is 192 g/mol. The number of hydrogen-bond donors (Lipinski definition) is 2. The number of amides is 1. The van der Waals surface area contributed by atoms with E-state index in [1.165, 1.54) is 0 Å². The SMILES string of the molecule is C[C@H](Cc1c[nH]c[n+]1C)NC(=O)CC#N. The van der Waals surface area contributed by atoms with E-state index in [9.17, 15) is 4.79 Å². The third kappa shape index (κ3) is 3.43. The molecule has 1 atom stereocenters. The van der Waals surface area contributed by atoms with Crippen LogP contribution in [0.1, 0.15) is 19.0 Å². The van der Waals surface area contributed by atoms with Crippen molar-refractivity contribution >= 4 is 5.91 Å². The van der Waals surface area contributed by atoms with Crippen LogP contribution in [0, 0.1) is 11.3 Å². The van der Waals surface area contributed by atoms with Gasteiger partial charge in [0.2, 0.25) is 12.2 Å². The Balaban J connectivity index is 2.43. The fourth-order valence-electron chi connectivity index (χ4n) is 1.40. The van der Waals surface area contributed by atoms with Crippen LogP contribution >= 0.6 is 0 Å². The summed E-state index contributed by atoms with van der Waals surface area (Å²) in [5.74, 6) is -0.219. The molecule has 2 N–H and O–H groups in total. The minimum absolute atomic E-state index is 0.0350. The topological polar surface area (TPSA) is 72.6 Å². The fraction of sp³-hybridized carbons (Fsp3) is 0.500. The molecule has 0 aliphatic carbocycles. The Hall–Kier alpha value is -1.83. The molecule has 0 aliphatic heterocycles. The van der Waals surface area contributed by atoms with E-state index < -0.39 is 0 Å². The van der Waals surface area contributed by atoms with Gasteiger partial charge in [-0.3, -0.25) is 4.79 Å². The van der Waals surface area contributed by atoms with Crippen molar-refractivity contribution in [2.75, 3.05) is 0 Å². The summed E-state index contributed by atoms with van der Waals surface area (Å²) in [6.07, 6.45) is 4.41. The lowest BCUT2D eigenvalue weighted by Crippen LogP contribution is -2.38. The second-order valence-corrected chi connectivity index (χ2v) is 3.55. The first-order chi connectivity index (χ1) is 7.13. The van der Waals surface area contributed by atoms with Crippen LogP contribution < -0.4 is 9.88 Å². The van der Waals surface area contributed by atoms with Crippen molar-refractivity contribution in [2.24, 2.45) is 7.05 Å². The molecule has 0 saturated heterocycles. The number of nitriles is 1. The molecular formula is C10H15N4O+. The highest BCUT2D eigenvalue weighted by molar-refractivity contribution is 5.78. The van der Waals surface area contributed by atoms with Crippen molar-refractivity contribution in [1.82, 2.24) is 10.3 Å². The second kappa shape index (κ2) is 5.15. The van der Waals surface area contributed by atoms with Gasteiger partial charge in [-0.05, 0) is 6.92 Å². The largest absolute Gasteiger partial charge is 0.352 e. The summed E-state index contributed by atoms with van der Waals surface area (Å²) in [5.41, 5.74) is 1.11. The smallest absolute Gasteiger partial charge is 0.241 e. The van der Waals surface area contributed by atoms with Crippen LogP contribution in [-0.2, 0) is 18.3 Å². The monoisotopic (exact) mass is 207 g/mol. The van der Waals surface area contributed by atoms with Crippen molar-refractivity contribution in [3.63, 3.8) is 0 Å². The Kier molecular flexibility index (Phi) is 3.86. The maximum Gasteiger partial charge on any atom is 0.241 e.